The van der Waals surface area contributed by atoms with Gasteiger partial charge in [0.1, 0.15) is 0 Å². The van der Waals surface area contributed by atoms with Crippen LogP contribution in [0.4, 0.5) is 13.2 Å². The number of hydrogen-bond acceptors (Lipinski definition) is 3. The summed E-state index contributed by atoms with van der Waals surface area (Å²) in [7, 11) is 0. The van der Waals surface area contributed by atoms with Crippen molar-refractivity contribution in [2.24, 2.45) is 11.7 Å². The van der Waals surface area contributed by atoms with E-state index < -0.39 is 17.3 Å². The van der Waals surface area contributed by atoms with Gasteiger partial charge in [0.25, 0.3) is 0 Å². The Bertz CT molecular complexity index is 625. The van der Waals surface area contributed by atoms with Crippen molar-refractivity contribution in [2.45, 2.75) is 31.5 Å². The number of halogens is 3. The molecule has 1 aliphatic carbocycles. The summed E-state index contributed by atoms with van der Waals surface area (Å²) in [6.45, 7) is 1.79. The van der Waals surface area contributed by atoms with Crippen molar-refractivity contribution in [3.63, 3.8) is 0 Å². The highest BCUT2D eigenvalue weighted by molar-refractivity contribution is 5.41. The second-order valence-corrected chi connectivity index (χ2v) is 5.22. The van der Waals surface area contributed by atoms with Crippen LogP contribution in [0.1, 0.15) is 31.2 Å². The molecule has 1 saturated carbocycles. The molecule has 1 atom stereocenters. The van der Waals surface area contributed by atoms with Crippen LogP contribution in [0.3, 0.4) is 0 Å². The Morgan fingerprint density at radius 2 is 1.95 bits per heavy atom. The Balaban J connectivity index is 2.15. The summed E-state index contributed by atoms with van der Waals surface area (Å²) in [5, 5.41) is 7.86. The summed E-state index contributed by atoms with van der Waals surface area (Å²) in [4.78, 5) is 0. The van der Waals surface area contributed by atoms with Crippen molar-refractivity contribution in [3.8, 4) is 0 Å². The van der Waals surface area contributed by atoms with E-state index in [1.54, 1.807) is 6.92 Å². The third-order valence-electron chi connectivity index (χ3n) is 3.64. The molecule has 1 unspecified atom stereocenters. The standard InChI is InChI=1S/C12H13F3N4/c1-11(16,7-2-3-7)10-18-17-9-5-4-8(6-19(9)10)12(13,14)15/h4-7H,2-3,16H2,1H3. The van der Waals surface area contributed by atoms with Gasteiger partial charge in [0.2, 0.25) is 0 Å². The van der Waals surface area contributed by atoms with Crippen molar-refractivity contribution >= 4 is 5.65 Å². The molecular formula is C12H13F3N4. The zero-order valence-electron chi connectivity index (χ0n) is 10.3. The number of hydrogen-bond donors (Lipinski definition) is 1. The highest BCUT2D eigenvalue weighted by Crippen LogP contribution is 2.43. The van der Waals surface area contributed by atoms with E-state index in [2.05, 4.69) is 10.2 Å². The quantitative estimate of drug-likeness (QED) is 0.911. The summed E-state index contributed by atoms with van der Waals surface area (Å²) >= 11 is 0. The van der Waals surface area contributed by atoms with Crippen LogP contribution >= 0.6 is 0 Å². The van der Waals surface area contributed by atoms with Gasteiger partial charge in [-0.1, -0.05) is 0 Å². The zero-order chi connectivity index (χ0) is 13.8. The first-order chi connectivity index (χ1) is 8.80. The zero-order valence-corrected chi connectivity index (χ0v) is 10.3. The molecule has 0 aliphatic heterocycles. The highest BCUT2D eigenvalue weighted by Gasteiger charge is 2.43. The van der Waals surface area contributed by atoms with Gasteiger partial charge in [-0.2, -0.15) is 13.2 Å². The third-order valence-corrected chi connectivity index (χ3v) is 3.64. The van der Waals surface area contributed by atoms with E-state index in [0.29, 0.717) is 11.5 Å². The monoisotopic (exact) mass is 270 g/mol. The lowest BCUT2D eigenvalue weighted by Gasteiger charge is -2.22. The summed E-state index contributed by atoms with van der Waals surface area (Å²) < 4.78 is 39.6. The second-order valence-electron chi connectivity index (χ2n) is 5.22. The van der Waals surface area contributed by atoms with E-state index in [9.17, 15) is 13.2 Å². The topological polar surface area (TPSA) is 56.2 Å². The predicted octanol–water partition coefficient (Wildman–Crippen LogP) is 2.33. The lowest BCUT2D eigenvalue weighted by atomic mass is 9.96. The van der Waals surface area contributed by atoms with E-state index in [-0.39, 0.29) is 5.92 Å². The van der Waals surface area contributed by atoms with E-state index >= 15 is 0 Å². The number of alkyl halides is 3. The molecule has 2 heterocycles. The van der Waals surface area contributed by atoms with Gasteiger partial charge in [0.15, 0.2) is 11.5 Å². The molecule has 0 amide bonds. The maximum atomic E-state index is 12.7. The molecule has 0 spiro atoms. The first-order valence-electron chi connectivity index (χ1n) is 6.01. The van der Waals surface area contributed by atoms with Crippen LogP contribution in [0, 0.1) is 5.92 Å². The Morgan fingerprint density at radius 1 is 1.26 bits per heavy atom. The van der Waals surface area contributed by atoms with Crippen LogP contribution in [-0.2, 0) is 11.7 Å². The molecule has 4 nitrogen and oxygen atoms in total. The fourth-order valence-electron chi connectivity index (χ4n) is 2.29. The molecule has 1 aliphatic rings. The number of nitrogens with two attached hydrogens (primary N) is 1. The Labute approximate surface area is 107 Å². The maximum absolute atomic E-state index is 12.7. The lowest BCUT2D eigenvalue weighted by Crippen LogP contribution is -2.37. The van der Waals surface area contributed by atoms with Gasteiger partial charge in [0.05, 0.1) is 11.1 Å². The fraction of sp³-hybridized carbons (Fsp3) is 0.500. The minimum absolute atomic E-state index is 0.259. The maximum Gasteiger partial charge on any atom is 0.417 e. The lowest BCUT2D eigenvalue weighted by molar-refractivity contribution is -0.137. The van der Waals surface area contributed by atoms with Crippen LogP contribution in [-0.4, -0.2) is 14.6 Å². The first kappa shape index (κ1) is 12.4. The van der Waals surface area contributed by atoms with Gasteiger partial charge in [-0.3, -0.25) is 4.40 Å². The van der Waals surface area contributed by atoms with E-state index in [1.807, 2.05) is 0 Å². The van der Waals surface area contributed by atoms with Gasteiger partial charge >= 0.3 is 6.18 Å². The Morgan fingerprint density at radius 3 is 2.53 bits per heavy atom. The van der Waals surface area contributed by atoms with Gasteiger partial charge in [0, 0.05) is 6.20 Å². The molecule has 0 saturated heterocycles. The predicted molar refractivity (Wildman–Crippen MR) is 62.3 cm³/mol. The van der Waals surface area contributed by atoms with Crippen molar-refractivity contribution in [1.29, 1.82) is 0 Å². The number of fused-ring (bicyclic) bond motifs is 1. The van der Waals surface area contributed by atoms with Crippen LogP contribution in [0.15, 0.2) is 18.3 Å². The van der Waals surface area contributed by atoms with E-state index in [4.69, 9.17) is 5.73 Å². The normalized spacial score (nSPS) is 19.6. The van der Waals surface area contributed by atoms with Gasteiger partial charge in [-0.25, -0.2) is 0 Å². The summed E-state index contributed by atoms with van der Waals surface area (Å²) in [5.41, 5.74) is 5.11. The van der Waals surface area contributed by atoms with Crippen molar-refractivity contribution in [2.75, 3.05) is 0 Å². The molecule has 2 N–H and O–H groups in total. The van der Waals surface area contributed by atoms with Crippen LogP contribution in [0.2, 0.25) is 0 Å². The smallest absolute Gasteiger partial charge is 0.319 e. The van der Waals surface area contributed by atoms with Crippen LogP contribution in [0.25, 0.3) is 5.65 Å². The number of aromatic nitrogens is 3. The third kappa shape index (κ3) is 1.98. The summed E-state index contributed by atoms with van der Waals surface area (Å²) in [6.07, 6.45) is -1.43. The van der Waals surface area contributed by atoms with Gasteiger partial charge in [-0.05, 0) is 37.8 Å². The molecular weight excluding hydrogens is 257 g/mol. The van der Waals surface area contributed by atoms with Gasteiger partial charge in [-0.15, -0.1) is 10.2 Å². The minimum Gasteiger partial charge on any atom is -0.319 e. The minimum atomic E-state index is -4.39. The number of nitrogens with zero attached hydrogens (tertiary/aromatic N) is 3. The number of pyridine rings is 1. The highest BCUT2D eigenvalue weighted by atomic mass is 19.4. The van der Waals surface area contributed by atoms with Crippen molar-refractivity contribution < 1.29 is 13.2 Å². The molecule has 19 heavy (non-hydrogen) atoms. The number of rotatable bonds is 2. The fourth-order valence-corrected chi connectivity index (χ4v) is 2.29. The van der Waals surface area contributed by atoms with Crippen molar-refractivity contribution in [1.82, 2.24) is 14.6 Å². The molecule has 2 aromatic rings. The average Bonchev–Trinajstić information content (AvgIpc) is 3.07. The van der Waals surface area contributed by atoms with Crippen LogP contribution < -0.4 is 5.73 Å². The average molecular weight is 270 g/mol. The van der Waals surface area contributed by atoms with Gasteiger partial charge < -0.3 is 5.73 Å². The second kappa shape index (κ2) is 3.69. The van der Waals surface area contributed by atoms with Crippen LogP contribution in [0.5, 0.6) is 0 Å². The molecule has 1 fully saturated rings. The SMILES string of the molecule is CC(N)(c1nnc2ccc(C(F)(F)F)cn12)C1CC1. The summed E-state index contributed by atoms with van der Waals surface area (Å²) in [5.74, 6) is 0.644. The molecule has 0 radical (unpaired) electrons. The van der Waals surface area contributed by atoms with E-state index in [1.165, 1.54) is 10.5 Å². The largest absolute Gasteiger partial charge is 0.417 e. The molecule has 102 valence electrons. The first-order valence-corrected chi connectivity index (χ1v) is 6.01. The molecule has 3 rings (SSSR count). The van der Waals surface area contributed by atoms with E-state index in [0.717, 1.165) is 25.1 Å². The molecule has 7 heteroatoms. The summed E-state index contributed by atoms with van der Waals surface area (Å²) in [6, 6.07) is 2.31. The molecule has 0 bridgehead atoms. The molecule has 2 aromatic heterocycles. The Hall–Kier alpha value is -1.63. The molecule has 0 aromatic carbocycles. The Kier molecular flexibility index (Phi) is 2.41. The van der Waals surface area contributed by atoms with Crippen molar-refractivity contribution in [3.05, 3.63) is 29.7 Å².